The van der Waals surface area contributed by atoms with Gasteiger partial charge in [0.05, 0.1) is 6.54 Å². The Morgan fingerprint density at radius 3 is 2.60 bits per heavy atom. The predicted octanol–water partition coefficient (Wildman–Crippen LogP) is 4.02. The van der Waals surface area contributed by atoms with Gasteiger partial charge in [0.2, 0.25) is 5.91 Å². The van der Waals surface area contributed by atoms with Gasteiger partial charge in [-0.1, -0.05) is 48.5 Å². The molecule has 2 heterocycles. The average molecular weight is 466 g/mol. The molecule has 7 heteroatoms. The highest BCUT2D eigenvalue weighted by Crippen LogP contribution is 2.24. The molecule has 4 aromatic rings. The third-order valence-corrected chi connectivity index (χ3v) is 6.18. The topological polar surface area (TPSA) is 104 Å². The molecule has 7 nitrogen and oxygen atoms in total. The number of carbonyl (C=O) groups is 1. The quantitative estimate of drug-likeness (QED) is 0.410. The molecule has 0 unspecified atom stereocenters. The van der Waals surface area contributed by atoms with Gasteiger partial charge in [0.1, 0.15) is 11.6 Å². The standard InChI is InChI=1S/C28H27N5O2/c1-19-24(20(2)32-28(35)26(19)16-29)12-13-27(34)30-17-23-6-3-4-7-25(23)22-10-8-21(9-11-22)18-33-15-5-14-31-33/h3-11,14-15H,12-13,17-18H2,1-2H3,(H,30,34)(H,32,35). The number of H-pyrrole nitrogens is 1. The number of hydrogen-bond donors (Lipinski definition) is 2. The molecule has 0 bridgehead atoms. The summed E-state index contributed by atoms with van der Waals surface area (Å²) in [7, 11) is 0. The number of aryl methyl sites for hydroxylation is 1. The summed E-state index contributed by atoms with van der Waals surface area (Å²) in [6.07, 6.45) is 4.43. The molecule has 176 valence electrons. The fraction of sp³-hybridized carbons (Fsp3) is 0.214. The van der Waals surface area contributed by atoms with E-state index in [1.807, 2.05) is 41.2 Å². The zero-order valence-corrected chi connectivity index (χ0v) is 19.8. The van der Waals surface area contributed by atoms with E-state index in [0.717, 1.165) is 34.4 Å². The number of nitrogens with zero attached hydrogens (tertiary/aromatic N) is 3. The van der Waals surface area contributed by atoms with Crippen LogP contribution in [0, 0.1) is 25.2 Å². The first-order valence-electron chi connectivity index (χ1n) is 11.5. The third kappa shape index (κ3) is 5.56. The zero-order valence-electron chi connectivity index (χ0n) is 19.8. The lowest BCUT2D eigenvalue weighted by Crippen LogP contribution is -2.24. The van der Waals surface area contributed by atoms with Gasteiger partial charge in [-0.25, -0.2) is 0 Å². The van der Waals surface area contributed by atoms with Crippen molar-refractivity contribution < 1.29 is 4.79 Å². The fourth-order valence-electron chi connectivity index (χ4n) is 4.27. The number of rotatable bonds is 8. The van der Waals surface area contributed by atoms with Gasteiger partial charge in [0, 0.05) is 31.1 Å². The number of aromatic nitrogens is 3. The molecule has 0 aliphatic rings. The van der Waals surface area contributed by atoms with Crippen LogP contribution < -0.4 is 10.9 Å². The number of nitriles is 1. The largest absolute Gasteiger partial charge is 0.352 e. The van der Waals surface area contributed by atoms with Gasteiger partial charge in [0.15, 0.2) is 0 Å². The van der Waals surface area contributed by atoms with Gasteiger partial charge >= 0.3 is 0 Å². The van der Waals surface area contributed by atoms with Crippen molar-refractivity contribution in [1.29, 1.82) is 5.26 Å². The maximum Gasteiger partial charge on any atom is 0.266 e. The zero-order chi connectivity index (χ0) is 24.8. The van der Waals surface area contributed by atoms with E-state index in [1.54, 1.807) is 20.0 Å². The summed E-state index contributed by atoms with van der Waals surface area (Å²) in [5, 5.41) is 16.5. The van der Waals surface area contributed by atoms with E-state index < -0.39 is 0 Å². The van der Waals surface area contributed by atoms with Crippen molar-refractivity contribution in [2.45, 2.75) is 39.8 Å². The monoisotopic (exact) mass is 465 g/mol. The number of carbonyl (C=O) groups excluding carboxylic acids is 1. The van der Waals surface area contributed by atoms with Crippen LogP contribution in [0.1, 0.15) is 39.9 Å². The Labute approximate surface area is 204 Å². The van der Waals surface area contributed by atoms with Crippen molar-refractivity contribution in [3.63, 3.8) is 0 Å². The van der Waals surface area contributed by atoms with Crippen molar-refractivity contribution >= 4 is 5.91 Å². The summed E-state index contributed by atoms with van der Waals surface area (Å²) in [6.45, 7) is 4.68. The number of aromatic amines is 1. The second kappa shape index (κ2) is 10.7. The van der Waals surface area contributed by atoms with Crippen LogP contribution >= 0.6 is 0 Å². The third-order valence-electron chi connectivity index (χ3n) is 6.18. The Morgan fingerprint density at radius 2 is 1.89 bits per heavy atom. The summed E-state index contributed by atoms with van der Waals surface area (Å²) >= 11 is 0. The molecule has 0 saturated carbocycles. The number of benzene rings is 2. The highest BCUT2D eigenvalue weighted by atomic mass is 16.1. The van der Waals surface area contributed by atoms with Crippen molar-refractivity contribution in [2.24, 2.45) is 0 Å². The smallest absolute Gasteiger partial charge is 0.266 e. The predicted molar refractivity (Wildman–Crippen MR) is 135 cm³/mol. The molecule has 0 aliphatic heterocycles. The second-order valence-corrected chi connectivity index (χ2v) is 8.50. The number of amides is 1. The highest BCUT2D eigenvalue weighted by molar-refractivity contribution is 5.77. The Bertz CT molecular complexity index is 1430. The van der Waals surface area contributed by atoms with Crippen molar-refractivity contribution in [3.05, 3.63) is 111 Å². The van der Waals surface area contributed by atoms with E-state index >= 15 is 0 Å². The van der Waals surface area contributed by atoms with E-state index in [9.17, 15) is 14.9 Å². The summed E-state index contributed by atoms with van der Waals surface area (Å²) in [6, 6.07) is 20.3. The molecule has 0 radical (unpaired) electrons. The number of hydrogen-bond acceptors (Lipinski definition) is 4. The first-order valence-corrected chi connectivity index (χ1v) is 11.5. The summed E-state index contributed by atoms with van der Waals surface area (Å²) in [4.78, 5) is 27.2. The van der Waals surface area contributed by atoms with Crippen LogP contribution in [0.25, 0.3) is 11.1 Å². The fourth-order valence-corrected chi connectivity index (χ4v) is 4.27. The Balaban J connectivity index is 1.40. The number of nitrogens with one attached hydrogen (secondary N) is 2. The molecule has 2 aromatic heterocycles. The Morgan fingerprint density at radius 1 is 1.11 bits per heavy atom. The molecule has 0 fully saturated rings. The molecular formula is C28H27N5O2. The Kier molecular flexibility index (Phi) is 7.22. The first kappa shape index (κ1) is 23.7. The van der Waals surface area contributed by atoms with Crippen LogP contribution in [0.2, 0.25) is 0 Å². The summed E-state index contributed by atoms with van der Waals surface area (Å²) in [5.74, 6) is -0.0853. The van der Waals surface area contributed by atoms with E-state index in [-0.39, 0.29) is 23.5 Å². The second-order valence-electron chi connectivity index (χ2n) is 8.50. The SMILES string of the molecule is Cc1[nH]c(=O)c(C#N)c(C)c1CCC(=O)NCc1ccccc1-c1ccc(Cn2cccn2)cc1. The lowest BCUT2D eigenvalue weighted by molar-refractivity contribution is -0.121. The van der Waals surface area contributed by atoms with Crippen LogP contribution in [-0.2, 0) is 24.3 Å². The van der Waals surface area contributed by atoms with Crippen molar-refractivity contribution in [3.8, 4) is 17.2 Å². The summed E-state index contributed by atoms with van der Waals surface area (Å²) in [5.41, 5.74) is 6.25. The molecule has 4 rings (SSSR count). The van der Waals surface area contributed by atoms with Gasteiger partial charge in [-0.05, 0) is 59.7 Å². The Hall–Kier alpha value is -4.44. The molecule has 0 atom stereocenters. The van der Waals surface area contributed by atoms with E-state index in [1.165, 1.54) is 0 Å². The molecular weight excluding hydrogens is 438 g/mol. The van der Waals surface area contributed by atoms with Gasteiger partial charge < -0.3 is 10.3 Å². The van der Waals surface area contributed by atoms with Crippen molar-refractivity contribution in [2.75, 3.05) is 0 Å². The van der Waals surface area contributed by atoms with E-state index in [4.69, 9.17) is 0 Å². The maximum absolute atomic E-state index is 12.6. The molecule has 0 spiro atoms. The molecule has 2 N–H and O–H groups in total. The molecule has 1 amide bonds. The minimum absolute atomic E-state index is 0.0853. The van der Waals surface area contributed by atoms with E-state index in [2.05, 4.69) is 45.7 Å². The van der Waals surface area contributed by atoms with E-state index in [0.29, 0.717) is 24.2 Å². The van der Waals surface area contributed by atoms with Gasteiger partial charge in [-0.2, -0.15) is 10.4 Å². The molecule has 0 aliphatic carbocycles. The molecule has 2 aromatic carbocycles. The van der Waals surface area contributed by atoms with Crippen LogP contribution in [0.5, 0.6) is 0 Å². The van der Waals surface area contributed by atoms with Crippen LogP contribution in [0.15, 0.2) is 71.8 Å². The van der Waals surface area contributed by atoms with Gasteiger partial charge in [-0.15, -0.1) is 0 Å². The molecule has 35 heavy (non-hydrogen) atoms. The average Bonchev–Trinajstić information content (AvgIpc) is 3.36. The molecule has 0 saturated heterocycles. The minimum atomic E-state index is -0.387. The lowest BCUT2D eigenvalue weighted by Gasteiger charge is -2.13. The lowest BCUT2D eigenvalue weighted by atomic mass is 9.98. The normalized spacial score (nSPS) is 10.7. The van der Waals surface area contributed by atoms with Crippen LogP contribution in [-0.4, -0.2) is 20.7 Å². The first-order chi connectivity index (χ1) is 17.0. The van der Waals surface area contributed by atoms with Gasteiger partial charge in [-0.3, -0.25) is 14.3 Å². The number of pyridine rings is 1. The van der Waals surface area contributed by atoms with Crippen molar-refractivity contribution in [1.82, 2.24) is 20.1 Å². The van der Waals surface area contributed by atoms with Gasteiger partial charge in [0.25, 0.3) is 5.56 Å². The summed E-state index contributed by atoms with van der Waals surface area (Å²) < 4.78 is 1.88. The van der Waals surface area contributed by atoms with Crippen LogP contribution in [0.3, 0.4) is 0 Å². The van der Waals surface area contributed by atoms with Crippen LogP contribution in [0.4, 0.5) is 0 Å². The maximum atomic E-state index is 12.6. The highest BCUT2D eigenvalue weighted by Gasteiger charge is 2.14. The minimum Gasteiger partial charge on any atom is -0.352 e.